The Labute approximate surface area is 166 Å². The van der Waals surface area contributed by atoms with E-state index in [0.29, 0.717) is 17.6 Å². The van der Waals surface area contributed by atoms with Gasteiger partial charge >= 0.3 is 0 Å². The van der Waals surface area contributed by atoms with Gasteiger partial charge < -0.3 is 9.42 Å². The van der Waals surface area contributed by atoms with Crippen LogP contribution in [0.15, 0.2) is 16.8 Å². The molecule has 0 aromatic carbocycles. The molecular weight excluding hydrogens is 354 g/mol. The normalized spacial score (nSPS) is 22.0. The molecule has 2 aliphatic heterocycles. The number of likely N-dealkylation sites (tertiary alicyclic amines) is 2. The number of nitrogens with zero attached hydrogens (tertiary/aromatic N) is 5. The van der Waals surface area contributed by atoms with Gasteiger partial charge in [-0.2, -0.15) is 5.10 Å². The average Bonchev–Trinajstić information content (AvgIpc) is 3.31. The highest BCUT2D eigenvalue weighted by Crippen LogP contribution is 2.28. The van der Waals surface area contributed by atoms with Gasteiger partial charge in [0.1, 0.15) is 0 Å². The standard InChI is InChI=1S/C21H31N5O2/c1-15-6-9-26(10-7-15)21(27)20-11-19(23-28-20)17-5-4-8-25(13-17)14-18-12-22-24(3)16(18)2/h11-12,15,17H,4-10,13-14H2,1-3H3/t17-/m1/s1. The minimum atomic E-state index is -0.00991. The summed E-state index contributed by atoms with van der Waals surface area (Å²) in [4.78, 5) is 17.1. The van der Waals surface area contributed by atoms with Gasteiger partial charge in [0.25, 0.3) is 5.91 Å². The van der Waals surface area contributed by atoms with E-state index in [4.69, 9.17) is 4.52 Å². The highest BCUT2D eigenvalue weighted by atomic mass is 16.5. The number of amides is 1. The molecule has 1 amide bonds. The number of hydrogen-bond donors (Lipinski definition) is 0. The summed E-state index contributed by atoms with van der Waals surface area (Å²) in [6, 6.07) is 1.88. The average molecular weight is 386 g/mol. The van der Waals surface area contributed by atoms with E-state index in [2.05, 4.69) is 29.0 Å². The molecule has 152 valence electrons. The van der Waals surface area contributed by atoms with E-state index in [1.807, 2.05) is 28.9 Å². The third-order valence-corrected chi connectivity index (χ3v) is 6.46. The summed E-state index contributed by atoms with van der Waals surface area (Å²) in [6.45, 7) is 8.92. The zero-order valence-corrected chi connectivity index (χ0v) is 17.2. The topological polar surface area (TPSA) is 67.4 Å². The molecule has 0 spiro atoms. The van der Waals surface area contributed by atoms with Crippen LogP contribution in [-0.4, -0.2) is 56.8 Å². The van der Waals surface area contributed by atoms with E-state index >= 15 is 0 Å². The van der Waals surface area contributed by atoms with E-state index in [-0.39, 0.29) is 5.91 Å². The summed E-state index contributed by atoms with van der Waals surface area (Å²) in [6.07, 6.45) is 6.31. The van der Waals surface area contributed by atoms with Crippen molar-refractivity contribution >= 4 is 5.91 Å². The summed E-state index contributed by atoms with van der Waals surface area (Å²) in [5, 5.41) is 8.62. The smallest absolute Gasteiger partial charge is 0.292 e. The lowest BCUT2D eigenvalue weighted by atomic mass is 9.94. The van der Waals surface area contributed by atoms with Crippen molar-refractivity contribution in [3.63, 3.8) is 0 Å². The van der Waals surface area contributed by atoms with Gasteiger partial charge in [-0.05, 0) is 45.1 Å². The molecule has 0 unspecified atom stereocenters. The zero-order chi connectivity index (χ0) is 19.7. The van der Waals surface area contributed by atoms with Gasteiger partial charge in [0.15, 0.2) is 0 Å². The minimum absolute atomic E-state index is 0.00991. The quantitative estimate of drug-likeness (QED) is 0.809. The van der Waals surface area contributed by atoms with E-state index in [0.717, 1.165) is 64.1 Å². The van der Waals surface area contributed by atoms with Crippen LogP contribution >= 0.6 is 0 Å². The molecule has 0 radical (unpaired) electrons. The van der Waals surface area contributed by atoms with Crippen LogP contribution in [0.4, 0.5) is 0 Å². The second kappa shape index (κ2) is 8.07. The van der Waals surface area contributed by atoms with Gasteiger partial charge in [0.2, 0.25) is 5.76 Å². The van der Waals surface area contributed by atoms with Crippen molar-refractivity contribution in [1.29, 1.82) is 0 Å². The molecule has 2 saturated heterocycles. The molecule has 0 saturated carbocycles. The number of rotatable bonds is 4. The van der Waals surface area contributed by atoms with Crippen LogP contribution in [0.25, 0.3) is 0 Å². The molecule has 2 aromatic rings. The fourth-order valence-electron chi connectivity index (χ4n) is 4.33. The van der Waals surface area contributed by atoms with E-state index in [1.54, 1.807) is 0 Å². The van der Waals surface area contributed by atoms with Crippen LogP contribution in [0.2, 0.25) is 0 Å². The molecule has 4 rings (SSSR count). The first kappa shape index (κ1) is 19.2. The van der Waals surface area contributed by atoms with Crippen LogP contribution in [0.5, 0.6) is 0 Å². The Morgan fingerprint density at radius 1 is 1.25 bits per heavy atom. The third-order valence-electron chi connectivity index (χ3n) is 6.46. The molecule has 0 aliphatic carbocycles. The van der Waals surface area contributed by atoms with Crippen LogP contribution in [-0.2, 0) is 13.6 Å². The highest BCUT2D eigenvalue weighted by molar-refractivity contribution is 5.91. The Morgan fingerprint density at radius 3 is 2.75 bits per heavy atom. The lowest BCUT2D eigenvalue weighted by molar-refractivity contribution is 0.0655. The van der Waals surface area contributed by atoms with Crippen molar-refractivity contribution in [3.8, 4) is 0 Å². The first-order valence-electron chi connectivity index (χ1n) is 10.5. The second-order valence-electron chi connectivity index (χ2n) is 8.54. The second-order valence-corrected chi connectivity index (χ2v) is 8.54. The fourth-order valence-corrected chi connectivity index (χ4v) is 4.33. The molecule has 0 bridgehead atoms. The predicted octanol–water partition coefficient (Wildman–Crippen LogP) is 2.97. The van der Waals surface area contributed by atoms with Crippen LogP contribution < -0.4 is 0 Å². The maximum absolute atomic E-state index is 12.7. The van der Waals surface area contributed by atoms with Crippen LogP contribution in [0.3, 0.4) is 0 Å². The first-order valence-corrected chi connectivity index (χ1v) is 10.5. The van der Waals surface area contributed by atoms with Gasteiger partial charge in [-0.3, -0.25) is 14.4 Å². The highest BCUT2D eigenvalue weighted by Gasteiger charge is 2.28. The van der Waals surface area contributed by atoms with Crippen LogP contribution in [0.1, 0.15) is 66.0 Å². The summed E-state index contributed by atoms with van der Waals surface area (Å²) in [5.41, 5.74) is 3.41. The van der Waals surface area contributed by atoms with Crippen molar-refractivity contribution in [1.82, 2.24) is 24.7 Å². The molecule has 28 heavy (non-hydrogen) atoms. The Bertz CT molecular complexity index is 819. The predicted molar refractivity (Wildman–Crippen MR) is 106 cm³/mol. The van der Waals surface area contributed by atoms with E-state index in [9.17, 15) is 4.79 Å². The van der Waals surface area contributed by atoms with Gasteiger partial charge in [-0.25, -0.2) is 0 Å². The fraction of sp³-hybridized carbons (Fsp3) is 0.667. The molecule has 7 nitrogen and oxygen atoms in total. The van der Waals surface area contributed by atoms with E-state index < -0.39 is 0 Å². The summed E-state index contributed by atoms with van der Waals surface area (Å²) in [7, 11) is 1.98. The molecule has 2 fully saturated rings. The number of carbonyl (C=O) groups excluding carboxylic acids is 1. The van der Waals surface area contributed by atoms with Gasteiger partial charge in [0, 0.05) is 56.5 Å². The first-order chi connectivity index (χ1) is 13.5. The summed E-state index contributed by atoms with van der Waals surface area (Å²) in [5.74, 6) is 1.40. The third kappa shape index (κ3) is 3.99. The monoisotopic (exact) mass is 385 g/mol. The largest absolute Gasteiger partial charge is 0.351 e. The number of carbonyl (C=O) groups is 1. The lowest BCUT2D eigenvalue weighted by Gasteiger charge is -2.31. The number of piperidine rings is 2. The molecule has 4 heterocycles. The van der Waals surface area contributed by atoms with Gasteiger partial charge in [-0.15, -0.1) is 0 Å². The lowest BCUT2D eigenvalue weighted by Crippen LogP contribution is -2.37. The maximum Gasteiger partial charge on any atom is 0.292 e. The molecule has 7 heteroatoms. The molecular formula is C21H31N5O2. The Hall–Kier alpha value is -2.15. The summed E-state index contributed by atoms with van der Waals surface area (Å²) < 4.78 is 7.39. The number of aryl methyl sites for hydroxylation is 1. The van der Waals surface area contributed by atoms with Crippen LogP contribution in [0, 0.1) is 12.8 Å². The van der Waals surface area contributed by atoms with Crippen molar-refractivity contribution in [2.45, 2.75) is 52.0 Å². The van der Waals surface area contributed by atoms with Gasteiger partial charge in [-0.1, -0.05) is 12.1 Å². The number of aromatic nitrogens is 3. The van der Waals surface area contributed by atoms with Gasteiger partial charge in [0.05, 0.1) is 11.9 Å². The van der Waals surface area contributed by atoms with Crippen molar-refractivity contribution in [2.75, 3.05) is 26.2 Å². The molecule has 2 aliphatic rings. The Balaban J connectivity index is 1.39. The number of hydrogen-bond acceptors (Lipinski definition) is 5. The molecule has 1 atom stereocenters. The van der Waals surface area contributed by atoms with Crippen molar-refractivity contribution in [3.05, 3.63) is 35.0 Å². The summed E-state index contributed by atoms with van der Waals surface area (Å²) >= 11 is 0. The SMILES string of the molecule is Cc1c(CN2CCC[C@@H](c3cc(C(=O)N4CCC(C)CC4)on3)C2)cnn1C. The maximum atomic E-state index is 12.7. The van der Waals surface area contributed by atoms with Crippen molar-refractivity contribution < 1.29 is 9.32 Å². The zero-order valence-electron chi connectivity index (χ0n) is 17.2. The molecule has 0 N–H and O–H groups in total. The Morgan fingerprint density at radius 2 is 2.04 bits per heavy atom. The van der Waals surface area contributed by atoms with E-state index in [1.165, 1.54) is 11.3 Å². The minimum Gasteiger partial charge on any atom is -0.351 e. The van der Waals surface area contributed by atoms with Crippen molar-refractivity contribution in [2.24, 2.45) is 13.0 Å². The molecule has 2 aromatic heterocycles. The Kier molecular flexibility index (Phi) is 5.53.